The van der Waals surface area contributed by atoms with Crippen LogP contribution in [0.3, 0.4) is 0 Å². The van der Waals surface area contributed by atoms with Gasteiger partial charge in [-0.2, -0.15) is 0 Å². The summed E-state index contributed by atoms with van der Waals surface area (Å²) in [4.78, 5) is 30.9. The fourth-order valence-corrected chi connectivity index (χ4v) is 2.24. The molecule has 92 valence electrons. The highest BCUT2D eigenvalue weighted by molar-refractivity contribution is 6.02. The monoisotopic (exact) mass is 237 g/mol. The Kier molecular flexibility index (Phi) is 3.12. The summed E-state index contributed by atoms with van der Waals surface area (Å²) in [5.74, 6) is -1.48. The van der Waals surface area contributed by atoms with Crippen molar-refractivity contribution in [1.29, 1.82) is 0 Å². The number of aromatic carboxylic acids is 1. The molecule has 0 aromatic carbocycles. The summed E-state index contributed by atoms with van der Waals surface area (Å²) in [6, 6.07) is 0.209. The predicted octanol–water partition coefficient (Wildman–Crippen LogP) is 1.12. The fraction of sp³-hybridized carbons (Fsp3) is 0.545. The fourth-order valence-electron chi connectivity index (χ4n) is 2.24. The molecule has 0 atom stereocenters. The molecule has 1 heterocycles. The van der Waals surface area contributed by atoms with Gasteiger partial charge in [-0.1, -0.05) is 12.8 Å². The van der Waals surface area contributed by atoms with E-state index in [-0.39, 0.29) is 23.3 Å². The molecule has 1 saturated carbocycles. The number of rotatable bonds is 3. The molecule has 0 radical (unpaired) electrons. The van der Waals surface area contributed by atoms with Gasteiger partial charge in [0.1, 0.15) is 0 Å². The summed E-state index contributed by atoms with van der Waals surface area (Å²) in [5, 5.41) is 8.91. The quantitative estimate of drug-likeness (QED) is 0.824. The van der Waals surface area contributed by atoms with Crippen LogP contribution in [0.15, 0.2) is 6.33 Å². The van der Waals surface area contributed by atoms with Gasteiger partial charge in [-0.3, -0.25) is 4.79 Å². The molecule has 2 N–H and O–H groups in total. The first-order chi connectivity index (χ1) is 8.11. The van der Waals surface area contributed by atoms with E-state index in [0.717, 1.165) is 25.7 Å². The number of hydrogen-bond donors (Lipinski definition) is 2. The van der Waals surface area contributed by atoms with Crippen LogP contribution in [0.25, 0.3) is 0 Å². The second kappa shape index (κ2) is 4.57. The molecule has 1 aromatic rings. The maximum absolute atomic E-state index is 12.1. The van der Waals surface area contributed by atoms with Crippen molar-refractivity contribution < 1.29 is 14.7 Å². The second-order valence-corrected chi connectivity index (χ2v) is 4.29. The van der Waals surface area contributed by atoms with Crippen molar-refractivity contribution in [2.24, 2.45) is 0 Å². The van der Waals surface area contributed by atoms with E-state index < -0.39 is 5.97 Å². The average Bonchev–Trinajstić information content (AvgIpc) is 2.97. The van der Waals surface area contributed by atoms with Crippen molar-refractivity contribution in [2.45, 2.75) is 31.7 Å². The first-order valence-corrected chi connectivity index (χ1v) is 5.65. The van der Waals surface area contributed by atoms with Gasteiger partial charge in [0, 0.05) is 13.1 Å². The first-order valence-electron chi connectivity index (χ1n) is 5.65. The summed E-state index contributed by atoms with van der Waals surface area (Å²) < 4.78 is 0. The summed E-state index contributed by atoms with van der Waals surface area (Å²) in [6.45, 7) is 0. The number of carboxylic acids is 1. The minimum absolute atomic E-state index is 0.00750. The third-order valence-corrected chi connectivity index (χ3v) is 3.25. The maximum Gasteiger partial charge on any atom is 0.354 e. The number of carboxylic acid groups (broad SMARTS) is 1. The third-order valence-electron chi connectivity index (χ3n) is 3.25. The van der Waals surface area contributed by atoms with Gasteiger partial charge < -0.3 is 15.0 Å². The van der Waals surface area contributed by atoms with Crippen molar-refractivity contribution >= 4 is 11.9 Å². The molecule has 1 aromatic heterocycles. The smallest absolute Gasteiger partial charge is 0.354 e. The molecule has 0 bridgehead atoms. The lowest BCUT2D eigenvalue weighted by Crippen LogP contribution is -2.36. The van der Waals surface area contributed by atoms with Crippen LogP contribution < -0.4 is 0 Å². The molecule has 0 unspecified atom stereocenters. The van der Waals surface area contributed by atoms with E-state index in [1.54, 1.807) is 11.9 Å². The molecular formula is C11H15N3O3. The van der Waals surface area contributed by atoms with Gasteiger partial charge in [0.25, 0.3) is 5.91 Å². The SMILES string of the molecule is CN(C(=O)c1nc[nH]c1C(=O)O)C1CCCC1. The molecule has 0 spiro atoms. The summed E-state index contributed by atoms with van der Waals surface area (Å²) in [7, 11) is 1.71. The van der Waals surface area contributed by atoms with Gasteiger partial charge in [-0.05, 0) is 12.8 Å². The molecule has 1 aliphatic rings. The van der Waals surface area contributed by atoms with Crippen molar-refractivity contribution in [2.75, 3.05) is 7.05 Å². The Morgan fingerprint density at radius 2 is 2.12 bits per heavy atom. The van der Waals surface area contributed by atoms with E-state index in [9.17, 15) is 9.59 Å². The minimum atomic E-state index is -1.16. The zero-order valence-corrected chi connectivity index (χ0v) is 9.64. The highest BCUT2D eigenvalue weighted by Crippen LogP contribution is 2.23. The van der Waals surface area contributed by atoms with E-state index in [1.165, 1.54) is 6.33 Å². The maximum atomic E-state index is 12.1. The van der Waals surface area contributed by atoms with E-state index >= 15 is 0 Å². The number of carbonyl (C=O) groups excluding carboxylic acids is 1. The number of H-pyrrole nitrogens is 1. The Balaban J connectivity index is 2.18. The predicted molar refractivity (Wildman–Crippen MR) is 59.9 cm³/mol. The van der Waals surface area contributed by atoms with Crippen LogP contribution >= 0.6 is 0 Å². The lowest BCUT2D eigenvalue weighted by Gasteiger charge is -2.23. The van der Waals surface area contributed by atoms with E-state index in [4.69, 9.17) is 5.11 Å². The topological polar surface area (TPSA) is 86.3 Å². The number of imidazole rings is 1. The van der Waals surface area contributed by atoms with Crippen LogP contribution in [0.2, 0.25) is 0 Å². The van der Waals surface area contributed by atoms with Gasteiger partial charge in [0.2, 0.25) is 0 Å². The van der Waals surface area contributed by atoms with Gasteiger partial charge >= 0.3 is 5.97 Å². The lowest BCUT2D eigenvalue weighted by molar-refractivity contribution is 0.0663. The first kappa shape index (κ1) is 11.6. The molecule has 17 heavy (non-hydrogen) atoms. The molecule has 1 fully saturated rings. The Morgan fingerprint density at radius 1 is 1.47 bits per heavy atom. The molecule has 6 heteroatoms. The number of nitrogens with zero attached hydrogens (tertiary/aromatic N) is 2. The zero-order valence-electron chi connectivity index (χ0n) is 9.64. The van der Waals surface area contributed by atoms with Crippen molar-refractivity contribution in [3.8, 4) is 0 Å². The van der Waals surface area contributed by atoms with Gasteiger partial charge in [-0.15, -0.1) is 0 Å². The third kappa shape index (κ3) is 2.15. The molecule has 1 amide bonds. The van der Waals surface area contributed by atoms with Gasteiger partial charge in [-0.25, -0.2) is 9.78 Å². The van der Waals surface area contributed by atoms with Crippen molar-refractivity contribution in [1.82, 2.24) is 14.9 Å². The van der Waals surface area contributed by atoms with E-state index in [2.05, 4.69) is 9.97 Å². The summed E-state index contributed by atoms with van der Waals surface area (Å²) in [5.41, 5.74) is -0.147. The average molecular weight is 237 g/mol. The normalized spacial score (nSPS) is 16.1. The molecule has 6 nitrogen and oxygen atoms in total. The van der Waals surface area contributed by atoms with Crippen LogP contribution in [-0.2, 0) is 0 Å². The van der Waals surface area contributed by atoms with E-state index in [1.807, 2.05) is 0 Å². The second-order valence-electron chi connectivity index (χ2n) is 4.29. The van der Waals surface area contributed by atoms with Crippen LogP contribution in [-0.4, -0.2) is 44.9 Å². The summed E-state index contributed by atoms with van der Waals surface area (Å²) in [6.07, 6.45) is 5.44. The lowest BCUT2D eigenvalue weighted by atomic mass is 10.2. The van der Waals surface area contributed by atoms with Crippen LogP contribution in [0.4, 0.5) is 0 Å². The Morgan fingerprint density at radius 3 is 2.71 bits per heavy atom. The van der Waals surface area contributed by atoms with Gasteiger partial charge in [0.05, 0.1) is 6.33 Å². The standard InChI is InChI=1S/C11H15N3O3/c1-14(7-4-2-3-5-7)10(15)8-9(11(16)17)13-6-12-8/h6-7H,2-5H2,1H3,(H,12,13)(H,16,17). The molecule has 1 aliphatic carbocycles. The number of aromatic amines is 1. The Labute approximate surface area is 98.7 Å². The molecule has 0 aliphatic heterocycles. The Bertz CT molecular complexity index is 435. The largest absolute Gasteiger partial charge is 0.477 e. The minimum Gasteiger partial charge on any atom is -0.477 e. The van der Waals surface area contributed by atoms with E-state index in [0.29, 0.717) is 0 Å². The number of nitrogens with one attached hydrogen (secondary N) is 1. The number of carbonyl (C=O) groups is 2. The number of amides is 1. The van der Waals surface area contributed by atoms with Gasteiger partial charge in [0.15, 0.2) is 11.4 Å². The zero-order chi connectivity index (χ0) is 12.4. The highest BCUT2D eigenvalue weighted by Gasteiger charge is 2.28. The van der Waals surface area contributed by atoms with Crippen LogP contribution in [0.1, 0.15) is 46.7 Å². The number of aromatic nitrogens is 2. The highest BCUT2D eigenvalue weighted by atomic mass is 16.4. The van der Waals surface area contributed by atoms with Crippen molar-refractivity contribution in [3.05, 3.63) is 17.7 Å². The molecule has 2 rings (SSSR count). The summed E-state index contributed by atoms with van der Waals surface area (Å²) >= 11 is 0. The number of hydrogen-bond acceptors (Lipinski definition) is 3. The molecular weight excluding hydrogens is 222 g/mol. The van der Waals surface area contributed by atoms with Crippen molar-refractivity contribution in [3.63, 3.8) is 0 Å². The molecule has 0 saturated heterocycles. The van der Waals surface area contributed by atoms with Crippen LogP contribution in [0, 0.1) is 0 Å². The van der Waals surface area contributed by atoms with Crippen LogP contribution in [0.5, 0.6) is 0 Å². The Hall–Kier alpha value is -1.85.